The Morgan fingerprint density at radius 2 is 1.62 bits per heavy atom. The first-order valence-corrected chi connectivity index (χ1v) is 8.50. The number of likely N-dealkylation sites (N-methyl/N-ethyl adjacent to an activating group) is 1. The van der Waals surface area contributed by atoms with Crippen molar-refractivity contribution in [2.75, 3.05) is 19.6 Å². The molecule has 1 aromatic carbocycles. The quantitative estimate of drug-likeness (QED) is 0.798. The number of nitrogens with zero attached hydrogens (tertiary/aromatic N) is 2. The molecule has 3 rings (SSSR count). The summed E-state index contributed by atoms with van der Waals surface area (Å²) in [6.45, 7) is 9.44. The van der Waals surface area contributed by atoms with E-state index in [0.29, 0.717) is 30.9 Å². The lowest BCUT2D eigenvalue weighted by atomic mass is 10.0. The topological polar surface area (TPSA) is 49.9 Å². The van der Waals surface area contributed by atoms with Crippen LogP contribution in [0.25, 0.3) is 5.57 Å². The predicted octanol–water partition coefficient (Wildman–Crippen LogP) is 2.20. The smallest absolute Gasteiger partial charge is 0.277 e. The van der Waals surface area contributed by atoms with Crippen LogP contribution in [0.15, 0.2) is 30.0 Å². The lowest BCUT2D eigenvalue weighted by Gasteiger charge is -2.37. The molecular weight excluding hydrogens is 304 g/mol. The molecule has 128 valence electrons. The number of carbonyl (C=O) groups is 2. The van der Waals surface area contributed by atoms with Crippen molar-refractivity contribution in [3.63, 3.8) is 0 Å². The Balaban J connectivity index is 2.09. The highest BCUT2D eigenvalue weighted by molar-refractivity contribution is 6.35. The van der Waals surface area contributed by atoms with Gasteiger partial charge in [0.05, 0.1) is 17.8 Å². The number of hydrogen-bond acceptors (Lipinski definition) is 4. The molecule has 2 unspecified atom stereocenters. The zero-order valence-corrected chi connectivity index (χ0v) is 14.7. The summed E-state index contributed by atoms with van der Waals surface area (Å²) in [7, 11) is 0. The van der Waals surface area contributed by atoms with E-state index in [4.69, 9.17) is 4.74 Å². The summed E-state index contributed by atoms with van der Waals surface area (Å²) < 4.78 is 5.77. The maximum Gasteiger partial charge on any atom is 0.277 e. The third kappa shape index (κ3) is 2.84. The second-order valence-electron chi connectivity index (χ2n) is 6.61. The third-order valence-corrected chi connectivity index (χ3v) is 4.54. The van der Waals surface area contributed by atoms with Gasteiger partial charge in [-0.15, -0.1) is 0 Å². The number of carbonyl (C=O) groups excluding carboxylic acids is 2. The molecule has 0 bridgehead atoms. The fraction of sp³-hybridized carbons (Fsp3) is 0.474. The Morgan fingerprint density at radius 1 is 1.04 bits per heavy atom. The van der Waals surface area contributed by atoms with Crippen molar-refractivity contribution in [2.24, 2.45) is 0 Å². The number of rotatable bonds is 3. The Labute approximate surface area is 142 Å². The maximum atomic E-state index is 12.9. The third-order valence-electron chi connectivity index (χ3n) is 4.54. The summed E-state index contributed by atoms with van der Waals surface area (Å²) in [6, 6.07) is 7.78. The van der Waals surface area contributed by atoms with Crippen LogP contribution in [-0.4, -0.2) is 53.5 Å². The Morgan fingerprint density at radius 3 is 2.17 bits per heavy atom. The molecule has 0 saturated carbocycles. The molecule has 1 saturated heterocycles. The van der Waals surface area contributed by atoms with Gasteiger partial charge in [0.15, 0.2) is 0 Å². The second-order valence-corrected chi connectivity index (χ2v) is 6.61. The van der Waals surface area contributed by atoms with E-state index in [1.165, 1.54) is 4.90 Å². The standard InChI is InChI=1S/C19H24N2O3/c1-5-21-18(22)16(15-8-6-12(2)7-9-15)17(19(21)23)20-10-13(3)24-14(4)11-20/h6-9,13-14H,5,10-11H2,1-4H3. The normalized spacial score (nSPS) is 25.0. The summed E-state index contributed by atoms with van der Waals surface area (Å²) in [5, 5.41) is 0. The van der Waals surface area contributed by atoms with Gasteiger partial charge in [-0.1, -0.05) is 29.8 Å². The van der Waals surface area contributed by atoms with E-state index in [-0.39, 0.29) is 24.0 Å². The minimum absolute atomic E-state index is 0.0269. The van der Waals surface area contributed by atoms with Gasteiger partial charge in [-0.05, 0) is 33.3 Å². The summed E-state index contributed by atoms with van der Waals surface area (Å²) >= 11 is 0. The number of hydrogen-bond donors (Lipinski definition) is 0. The minimum Gasteiger partial charge on any atom is -0.372 e. The molecule has 0 radical (unpaired) electrons. The summed E-state index contributed by atoms with van der Waals surface area (Å²) in [5.41, 5.74) is 2.96. The van der Waals surface area contributed by atoms with Gasteiger partial charge in [-0.3, -0.25) is 14.5 Å². The largest absolute Gasteiger partial charge is 0.372 e. The van der Waals surface area contributed by atoms with Crippen molar-refractivity contribution < 1.29 is 14.3 Å². The van der Waals surface area contributed by atoms with Crippen molar-refractivity contribution >= 4 is 17.4 Å². The van der Waals surface area contributed by atoms with Gasteiger partial charge in [0.2, 0.25) is 0 Å². The van der Waals surface area contributed by atoms with Crippen molar-refractivity contribution in [3.8, 4) is 0 Å². The molecule has 2 heterocycles. The molecule has 0 aromatic heterocycles. The van der Waals surface area contributed by atoms with Crippen molar-refractivity contribution in [3.05, 3.63) is 41.1 Å². The molecule has 5 nitrogen and oxygen atoms in total. The summed E-state index contributed by atoms with van der Waals surface area (Å²) in [4.78, 5) is 29.1. The van der Waals surface area contributed by atoms with Crippen LogP contribution in [0, 0.1) is 6.92 Å². The van der Waals surface area contributed by atoms with Crippen molar-refractivity contribution in [1.82, 2.24) is 9.80 Å². The molecule has 2 atom stereocenters. The lowest BCUT2D eigenvalue weighted by molar-refractivity contribution is -0.138. The molecule has 0 N–H and O–H groups in total. The second kappa shape index (κ2) is 6.40. The van der Waals surface area contributed by atoms with E-state index in [0.717, 1.165) is 11.1 Å². The van der Waals surface area contributed by atoms with E-state index in [1.807, 2.05) is 56.9 Å². The molecule has 2 aliphatic rings. The molecule has 2 aliphatic heterocycles. The number of amides is 2. The van der Waals surface area contributed by atoms with Gasteiger partial charge in [-0.2, -0.15) is 0 Å². The van der Waals surface area contributed by atoms with Crippen LogP contribution in [0.4, 0.5) is 0 Å². The molecule has 1 aromatic rings. The summed E-state index contributed by atoms with van der Waals surface area (Å²) in [6.07, 6.45) is 0.0539. The zero-order chi connectivity index (χ0) is 17.4. The van der Waals surface area contributed by atoms with Gasteiger partial charge < -0.3 is 9.64 Å². The Kier molecular flexibility index (Phi) is 4.45. The average Bonchev–Trinajstić information content (AvgIpc) is 2.77. The Hall–Kier alpha value is -2.14. The van der Waals surface area contributed by atoms with Gasteiger partial charge in [0.1, 0.15) is 5.70 Å². The van der Waals surface area contributed by atoms with E-state index in [2.05, 4.69) is 0 Å². The average molecular weight is 328 g/mol. The predicted molar refractivity (Wildman–Crippen MR) is 92.1 cm³/mol. The fourth-order valence-electron chi connectivity index (χ4n) is 3.48. The van der Waals surface area contributed by atoms with Gasteiger partial charge in [0.25, 0.3) is 11.8 Å². The highest BCUT2D eigenvalue weighted by Crippen LogP contribution is 2.33. The van der Waals surface area contributed by atoms with Gasteiger partial charge >= 0.3 is 0 Å². The van der Waals surface area contributed by atoms with E-state index in [9.17, 15) is 9.59 Å². The van der Waals surface area contributed by atoms with Crippen LogP contribution in [0.1, 0.15) is 31.9 Å². The number of morpholine rings is 1. The molecule has 0 aliphatic carbocycles. The Bertz CT molecular complexity index is 683. The first-order valence-electron chi connectivity index (χ1n) is 8.50. The van der Waals surface area contributed by atoms with Crippen molar-refractivity contribution in [1.29, 1.82) is 0 Å². The maximum absolute atomic E-state index is 12.9. The summed E-state index contributed by atoms with van der Waals surface area (Å²) in [5.74, 6) is -0.396. The number of ether oxygens (including phenoxy) is 1. The minimum atomic E-state index is -0.201. The molecule has 2 amide bonds. The number of benzene rings is 1. The molecular formula is C19H24N2O3. The van der Waals surface area contributed by atoms with Gasteiger partial charge in [0, 0.05) is 19.6 Å². The zero-order valence-electron chi connectivity index (χ0n) is 14.7. The molecule has 5 heteroatoms. The van der Waals surface area contributed by atoms with Crippen LogP contribution in [0.3, 0.4) is 0 Å². The molecule has 24 heavy (non-hydrogen) atoms. The van der Waals surface area contributed by atoms with Crippen LogP contribution >= 0.6 is 0 Å². The highest BCUT2D eigenvalue weighted by atomic mass is 16.5. The highest BCUT2D eigenvalue weighted by Gasteiger charge is 2.42. The SMILES string of the molecule is CCN1C(=O)C(c2ccc(C)cc2)=C(N2CC(C)OC(C)C2)C1=O. The van der Waals surface area contributed by atoms with Crippen LogP contribution in [0.5, 0.6) is 0 Å². The van der Waals surface area contributed by atoms with Crippen LogP contribution < -0.4 is 0 Å². The lowest BCUT2D eigenvalue weighted by Crippen LogP contribution is -2.46. The van der Waals surface area contributed by atoms with E-state index >= 15 is 0 Å². The van der Waals surface area contributed by atoms with Crippen molar-refractivity contribution in [2.45, 2.75) is 39.9 Å². The van der Waals surface area contributed by atoms with Gasteiger partial charge in [-0.25, -0.2) is 0 Å². The fourth-order valence-corrected chi connectivity index (χ4v) is 3.48. The first kappa shape index (κ1) is 16.7. The number of aryl methyl sites for hydroxylation is 1. The molecule has 0 spiro atoms. The van der Waals surface area contributed by atoms with Crippen LogP contribution in [-0.2, 0) is 14.3 Å². The molecule has 1 fully saturated rings. The first-order chi connectivity index (χ1) is 11.4. The van der Waals surface area contributed by atoms with E-state index < -0.39 is 0 Å². The number of imide groups is 1. The monoisotopic (exact) mass is 328 g/mol. The van der Waals surface area contributed by atoms with Crippen LogP contribution in [0.2, 0.25) is 0 Å². The van der Waals surface area contributed by atoms with E-state index in [1.54, 1.807) is 0 Å².